The van der Waals surface area contributed by atoms with Crippen molar-refractivity contribution in [1.29, 1.82) is 0 Å². The van der Waals surface area contributed by atoms with E-state index in [0.29, 0.717) is 19.1 Å². The van der Waals surface area contributed by atoms with E-state index in [2.05, 4.69) is 18.7 Å². The lowest BCUT2D eigenvalue weighted by Gasteiger charge is -2.33. The van der Waals surface area contributed by atoms with Crippen molar-refractivity contribution in [1.82, 2.24) is 4.90 Å². The second-order valence-electron chi connectivity index (χ2n) is 5.87. The molecule has 1 aliphatic heterocycles. The van der Waals surface area contributed by atoms with Gasteiger partial charge in [-0.1, -0.05) is 13.8 Å². The third kappa shape index (κ3) is 4.74. The predicted molar refractivity (Wildman–Crippen MR) is 77.7 cm³/mol. The Morgan fingerprint density at radius 3 is 2.86 bits per heavy atom. The molecule has 2 rings (SSSR count). The number of benzene rings is 1. The van der Waals surface area contributed by atoms with E-state index in [9.17, 15) is 13.6 Å². The highest BCUT2D eigenvalue weighted by molar-refractivity contribution is 5.89. The van der Waals surface area contributed by atoms with Gasteiger partial charge in [0, 0.05) is 19.6 Å². The molecule has 0 saturated carbocycles. The van der Waals surface area contributed by atoms with Crippen molar-refractivity contribution in [2.75, 3.05) is 32.8 Å². The van der Waals surface area contributed by atoms with Gasteiger partial charge in [0.15, 0.2) is 11.6 Å². The van der Waals surface area contributed by atoms with Crippen LogP contribution in [0.25, 0.3) is 0 Å². The molecular weight excluding hydrogens is 292 g/mol. The minimum Gasteiger partial charge on any atom is -0.459 e. The van der Waals surface area contributed by atoms with E-state index in [1.807, 2.05) is 0 Å². The van der Waals surface area contributed by atoms with Crippen molar-refractivity contribution < 1.29 is 23.0 Å². The Morgan fingerprint density at radius 1 is 1.41 bits per heavy atom. The maximum Gasteiger partial charge on any atom is 0.338 e. The van der Waals surface area contributed by atoms with Crippen LogP contribution >= 0.6 is 0 Å². The number of hydrogen-bond donors (Lipinski definition) is 0. The summed E-state index contributed by atoms with van der Waals surface area (Å²) in [6.07, 6.45) is -0.193. The Morgan fingerprint density at radius 2 is 2.18 bits per heavy atom. The average molecular weight is 313 g/mol. The Labute approximate surface area is 129 Å². The predicted octanol–water partition coefficient (Wildman–Crippen LogP) is 2.48. The molecule has 6 heteroatoms. The van der Waals surface area contributed by atoms with Crippen molar-refractivity contribution >= 4 is 5.97 Å². The lowest BCUT2D eigenvalue weighted by atomic mass is 10.2. The fraction of sp³-hybridized carbons (Fsp3) is 0.562. The topological polar surface area (TPSA) is 38.8 Å². The van der Waals surface area contributed by atoms with Crippen LogP contribution in [-0.4, -0.2) is 49.8 Å². The van der Waals surface area contributed by atoms with E-state index < -0.39 is 17.6 Å². The molecule has 0 spiro atoms. The first kappa shape index (κ1) is 16.8. The maximum atomic E-state index is 13.1. The zero-order valence-corrected chi connectivity index (χ0v) is 12.9. The smallest absolute Gasteiger partial charge is 0.338 e. The first-order valence-electron chi connectivity index (χ1n) is 7.42. The van der Waals surface area contributed by atoms with Gasteiger partial charge < -0.3 is 9.47 Å². The van der Waals surface area contributed by atoms with Crippen LogP contribution in [0.2, 0.25) is 0 Å². The van der Waals surface area contributed by atoms with Crippen molar-refractivity contribution in [3.8, 4) is 0 Å². The number of morpholine rings is 1. The lowest BCUT2D eigenvalue weighted by Crippen LogP contribution is -2.45. The molecule has 0 N–H and O–H groups in total. The third-order valence-corrected chi connectivity index (χ3v) is 3.40. The van der Waals surface area contributed by atoms with E-state index in [0.717, 1.165) is 25.2 Å². The van der Waals surface area contributed by atoms with Crippen LogP contribution in [-0.2, 0) is 9.47 Å². The van der Waals surface area contributed by atoms with Crippen molar-refractivity contribution in [3.05, 3.63) is 35.4 Å². The Bertz CT molecular complexity index is 522. The summed E-state index contributed by atoms with van der Waals surface area (Å²) < 4.78 is 36.6. The molecule has 122 valence electrons. The summed E-state index contributed by atoms with van der Waals surface area (Å²) in [5.41, 5.74) is -0.00579. The molecule has 1 atom stereocenters. The van der Waals surface area contributed by atoms with Crippen LogP contribution in [0.15, 0.2) is 18.2 Å². The zero-order valence-electron chi connectivity index (χ0n) is 12.9. The van der Waals surface area contributed by atoms with Gasteiger partial charge in [-0.2, -0.15) is 0 Å². The lowest BCUT2D eigenvalue weighted by molar-refractivity contribution is -0.0612. The number of carbonyl (C=O) groups is 1. The van der Waals surface area contributed by atoms with Gasteiger partial charge in [-0.05, 0) is 24.1 Å². The molecule has 1 aromatic carbocycles. The van der Waals surface area contributed by atoms with Crippen LogP contribution in [0.4, 0.5) is 8.78 Å². The quantitative estimate of drug-likeness (QED) is 0.783. The molecule has 0 radical (unpaired) electrons. The molecule has 4 nitrogen and oxygen atoms in total. The Kier molecular flexibility index (Phi) is 5.85. The summed E-state index contributed by atoms with van der Waals surface area (Å²) in [5.74, 6) is -2.17. The number of nitrogens with zero attached hydrogens (tertiary/aromatic N) is 1. The molecule has 1 aliphatic rings. The van der Waals surface area contributed by atoms with Crippen LogP contribution in [0.3, 0.4) is 0 Å². The maximum absolute atomic E-state index is 13.1. The minimum atomic E-state index is -1.06. The fourth-order valence-corrected chi connectivity index (χ4v) is 2.44. The number of rotatable bonds is 5. The molecule has 1 heterocycles. The molecule has 0 bridgehead atoms. The normalized spacial score (nSPS) is 19.4. The number of esters is 1. The highest BCUT2D eigenvalue weighted by Gasteiger charge is 2.22. The molecule has 22 heavy (non-hydrogen) atoms. The summed E-state index contributed by atoms with van der Waals surface area (Å²) in [6, 6.07) is 2.95. The van der Waals surface area contributed by atoms with Gasteiger partial charge in [-0.3, -0.25) is 4.90 Å². The van der Waals surface area contributed by atoms with Crippen LogP contribution < -0.4 is 0 Å². The van der Waals surface area contributed by atoms with Crippen LogP contribution in [0.1, 0.15) is 24.2 Å². The number of carbonyl (C=O) groups excluding carboxylic acids is 1. The Hall–Kier alpha value is -1.53. The van der Waals surface area contributed by atoms with E-state index >= 15 is 0 Å². The zero-order chi connectivity index (χ0) is 16.1. The van der Waals surface area contributed by atoms with Gasteiger partial charge >= 0.3 is 5.97 Å². The summed E-state index contributed by atoms with van der Waals surface area (Å²) in [5, 5.41) is 0. The van der Waals surface area contributed by atoms with Crippen molar-refractivity contribution in [3.63, 3.8) is 0 Å². The average Bonchev–Trinajstić information content (AvgIpc) is 2.47. The molecule has 1 fully saturated rings. The molecule has 0 aromatic heterocycles. The number of hydrogen-bond acceptors (Lipinski definition) is 4. The molecule has 1 saturated heterocycles. The molecular formula is C16H21F2NO3. The second kappa shape index (κ2) is 7.65. The number of ether oxygens (including phenoxy) is 2. The van der Waals surface area contributed by atoms with Crippen LogP contribution in [0, 0.1) is 17.6 Å². The van der Waals surface area contributed by atoms with Gasteiger partial charge in [-0.15, -0.1) is 0 Å². The first-order valence-corrected chi connectivity index (χ1v) is 7.42. The standard InChI is InChI=1S/C16H21F2NO3/c1-11(2)8-19-5-6-21-13(9-19)10-22-16(20)12-3-4-14(17)15(18)7-12/h3-4,7,11,13H,5-6,8-10H2,1-2H3. The highest BCUT2D eigenvalue weighted by Crippen LogP contribution is 2.12. The van der Waals surface area contributed by atoms with Gasteiger partial charge in [0.1, 0.15) is 12.7 Å². The highest BCUT2D eigenvalue weighted by atomic mass is 19.2. The van der Waals surface area contributed by atoms with E-state index in [-0.39, 0.29) is 18.3 Å². The second-order valence-corrected chi connectivity index (χ2v) is 5.87. The SMILES string of the molecule is CC(C)CN1CCOC(COC(=O)c2ccc(F)c(F)c2)C1. The summed E-state index contributed by atoms with van der Waals surface area (Å²) >= 11 is 0. The van der Waals surface area contributed by atoms with E-state index in [1.165, 1.54) is 6.07 Å². The van der Waals surface area contributed by atoms with Crippen molar-refractivity contribution in [2.24, 2.45) is 5.92 Å². The molecule has 0 aliphatic carbocycles. The summed E-state index contributed by atoms with van der Waals surface area (Å²) in [6.45, 7) is 7.53. The molecule has 1 unspecified atom stereocenters. The summed E-state index contributed by atoms with van der Waals surface area (Å²) in [4.78, 5) is 14.1. The third-order valence-electron chi connectivity index (χ3n) is 3.40. The first-order chi connectivity index (χ1) is 10.5. The monoisotopic (exact) mass is 313 g/mol. The van der Waals surface area contributed by atoms with E-state index in [1.54, 1.807) is 0 Å². The minimum absolute atomic E-state index is 0.00579. The largest absolute Gasteiger partial charge is 0.459 e. The van der Waals surface area contributed by atoms with Gasteiger partial charge in [0.2, 0.25) is 0 Å². The number of halogens is 2. The van der Waals surface area contributed by atoms with Gasteiger partial charge in [0.05, 0.1) is 12.2 Å². The molecule has 1 aromatic rings. The van der Waals surface area contributed by atoms with Crippen molar-refractivity contribution in [2.45, 2.75) is 20.0 Å². The van der Waals surface area contributed by atoms with Gasteiger partial charge in [-0.25, -0.2) is 13.6 Å². The fourth-order valence-electron chi connectivity index (χ4n) is 2.44. The van der Waals surface area contributed by atoms with Gasteiger partial charge in [0.25, 0.3) is 0 Å². The summed E-state index contributed by atoms with van der Waals surface area (Å²) in [7, 11) is 0. The molecule has 0 amide bonds. The Balaban J connectivity index is 1.84. The van der Waals surface area contributed by atoms with E-state index in [4.69, 9.17) is 9.47 Å². The van der Waals surface area contributed by atoms with Crippen LogP contribution in [0.5, 0.6) is 0 Å².